The molecule has 0 radical (unpaired) electrons. The highest BCUT2D eigenvalue weighted by Crippen LogP contribution is 2.12. The zero-order valence-electron chi connectivity index (χ0n) is 12.2. The number of aliphatic carboxylic acids is 1. The first kappa shape index (κ1) is 17.4. The molecule has 0 aromatic heterocycles. The summed E-state index contributed by atoms with van der Waals surface area (Å²) in [7, 11) is 0. The Kier molecular flexibility index (Phi) is 9.02. The third-order valence-electron chi connectivity index (χ3n) is 3.80. The van der Waals surface area contributed by atoms with Crippen LogP contribution in [0.15, 0.2) is 0 Å². The molecule has 0 aromatic rings. The minimum Gasteiger partial charge on any atom is -0.544 e. The molecule has 0 spiro atoms. The summed E-state index contributed by atoms with van der Waals surface area (Å²) in [5.41, 5.74) is 0. The van der Waals surface area contributed by atoms with Gasteiger partial charge in [0.05, 0.1) is 19.1 Å². The highest BCUT2D eigenvalue weighted by molar-refractivity contribution is 5.65. The molecule has 0 saturated heterocycles. The lowest BCUT2D eigenvalue weighted by Crippen LogP contribution is -2.57. The maximum atomic E-state index is 10.8. The van der Waals surface area contributed by atoms with Crippen LogP contribution in [0.2, 0.25) is 0 Å². The molecule has 0 aliphatic carbocycles. The monoisotopic (exact) mass is 259 g/mol. The van der Waals surface area contributed by atoms with Gasteiger partial charge in [-0.25, -0.2) is 0 Å². The molecule has 0 aromatic carbocycles. The molecule has 0 amide bonds. The summed E-state index contributed by atoms with van der Waals surface area (Å²) in [5, 5.41) is 20.8. The van der Waals surface area contributed by atoms with Crippen LogP contribution in [0, 0.1) is 0 Å². The van der Waals surface area contributed by atoms with E-state index in [-0.39, 0.29) is 6.54 Å². The quantitative estimate of drug-likeness (QED) is 0.443. The number of carboxylic acids is 1. The number of likely N-dealkylation sites (N-methyl/N-ethyl adjacent to an activating group) is 1. The van der Waals surface area contributed by atoms with Crippen LogP contribution in [0.5, 0.6) is 0 Å². The van der Waals surface area contributed by atoms with Crippen molar-refractivity contribution < 1.29 is 19.5 Å². The lowest BCUT2D eigenvalue weighted by Gasteiger charge is -2.38. The summed E-state index contributed by atoms with van der Waals surface area (Å²) in [6.45, 7) is 8.05. The minimum atomic E-state index is -1.03. The number of carboxylic acid groups (broad SMARTS) is 1. The molecule has 0 rings (SSSR count). The Hall–Kier alpha value is -0.610. The zero-order chi connectivity index (χ0) is 14.0. The SMILES string of the molecule is CCCCCCC(O)C[N+](CC)(CC)CC(=O)[O-]. The van der Waals surface area contributed by atoms with Crippen LogP contribution >= 0.6 is 0 Å². The van der Waals surface area contributed by atoms with Crippen molar-refractivity contribution in [2.75, 3.05) is 26.2 Å². The normalized spacial score (nSPS) is 13.6. The van der Waals surface area contributed by atoms with Crippen LogP contribution in [0.3, 0.4) is 0 Å². The lowest BCUT2D eigenvalue weighted by molar-refractivity contribution is -0.922. The second-order valence-corrected chi connectivity index (χ2v) is 5.19. The van der Waals surface area contributed by atoms with Gasteiger partial charge in [-0.1, -0.05) is 32.6 Å². The molecule has 0 saturated carbocycles. The van der Waals surface area contributed by atoms with Crippen molar-refractivity contribution >= 4 is 5.97 Å². The Morgan fingerprint density at radius 3 is 2.22 bits per heavy atom. The fraction of sp³-hybridized carbons (Fsp3) is 0.929. The summed E-state index contributed by atoms with van der Waals surface area (Å²) in [4.78, 5) is 10.8. The predicted molar refractivity (Wildman–Crippen MR) is 70.8 cm³/mol. The van der Waals surface area contributed by atoms with Gasteiger partial charge in [0.2, 0.25) is 0 Å². The van der Waals surface area contributed by atoms with Crippen LogP contribution < -0.4 is 5.11 Å². The van der Waals surface area contributed by atoms with Crippen molar-refractivity contribution in [2.45, 2.75) is 59.0 Å². The van der Waals surface area contributed by atoms with Crippen molar-refractivity contribution in [3.05, 3.63) is 0 Å². The molecular weight excluding hydrogens is 230 g/mol. The highest BCUT2D eigenvalue weighted by Gasteiger charge is 2.26. The third-order valence-corrected chi connectivity index (χ3v) is 3.80. The minimum absolute atomic E-state index is 0.000972. The molecule has 0 aliphatic heterocycles. The zero-order valence-corrected chi connectivity index (χ0v) is 12.2. The van der Waals surface area contributed by atoms with Crippen LogP contribution in [0.4, 0.5) is 0 Å². The van der Waals surface area contributed by atoms with Gasteiger partial charge in [-0.2, -0.15) is 0 Å². The molecule has 1 atom stereocenters. The lowest BCUT2D eigenvalue weighted by atomic mass is 10.1. The topological polar surface area (TPSA) is 60.4 Å². The third kappa shape index (κ3) is 6.97. The number of aliphatic hydroxyl groups is 1. The van der Waals surface area contributed by atoms with Crippen molar-refractivity contribution in [1.82, 2.24) is 0 Å². The molecule has 0 heterocycles. The average molecular weight is 259 g/mol. The first-order valence-corrected chi connectivity index (χ1v) is 7.22. The number of rotatable bonds is 11. The molecule has 0 bridgehead atoms. The fourth-order valence-corrected chi connectivity index (χ4v) is 2.39. The Bertz CT molecular complexity index is 227. The van der Waals surface area contributed by atoms with Gasteiger partial charge in [-0.05, 0) is 20.3 Å². The summed E-state index contributed by atoms with van der Waals surface area (Å²) < 4.78 is 0.414. The first-order chi connectivity index (χ1) is 8.49. The number of unbranched alkanes of at least 4 members (excludes halogenated alkanes) is 3. The maximum absolute atomic E-state index is 10.8. The summed E-state index contributed by atoms with van der Waals surface area (Å²) >= 11 is 0. The van der Waals surface area contributed by atoms with Crippen LogP contribution in [-0.2, 0) is 4.79 Å². The molecule has 0 aliphatic rings. The molecular formula is C14H29NO3. The number of hydrogen-bond donors (Lipinski definition) is 1. The molecule has 1 N–H and O–H groups in total. The second-order valence-electron chi connectivity index (χ2n) is 5.19. The number of quaternary nitrogens is 1. The first-order valence-electron chi connectivity index (χ1n) is 7.22. The van der Waals surface area contributed by atoms with Crippen molar-refractivity contribution in [3.8, 4) is 0 Å². The molecule has 1 unspecified atom stereocenters. The summed E-state index contributed by atoms with van der Waals surface area (Å²) in [6, 6.07) is 0. The van der Waals surface area contributed by atoms with E-state index >= 15 is 0 Å². The Morgan fingerprint density at radius 1 is 1.17 bits per heavy atom. The molecule has 18 heavy (non-hydrogen) atoms. The van der Waals surface area contributed by atoms with Crippen LogP contribution in [0.1, 0.15) is 52.9 Å². The van der Waals surface area contributed by atoms with Gasteiger partial charge in [-0.15, -0.1) is 0 Å². The Morgan fingerprint density at radius 2 is 1.78 bits per heavy atom. The number of carbonyl (C=O) groups excluding carboxylic acids is 1. The number of aliphatic hydroxyl groups excluding tert-OH is 1. The van der Waals surface area contributed by atoms with Crippen LogP contribution in [-0.4, -0.2) is 47.8 Å². The van der Waals surface area contributed by atoms with Gasteiger partial charge in [0, 0.05) is 0 Å². The van der Waals surface area contributed by atoms with E-state index in [1.54, 1.807) is 0 Å². The standard InChI is InChI=1S/C14H29NO3/c1-4-7-8-9-10-13(16)11-15(5-2,6-3)12-14(17)18/h13,16H,4-12H2,1-3H3. The predicted octanol–water partition coefficient (Wildman–Crippen LogP) is 0.924. The molecule has 108 valence electrons. The molecule has 4 heteroatoms. The van der Waals surface area contributed by atoms with E-state index in [1.165, 1.54) is 12.8 Å². The molecule has 4 nitrogen and oxygen atoms in total. The fourth-order valence-electron chi connectivity index (χ4n) is 2.39. The van der Waals surface area contributed by atoms with E-state index in [1.807, 2.05) is 13.8 Å². The van der Waals surface area contributed by atoms with Crippen molar-refractivity contribution in [2.24, 2.45) is 0 Å². The maximum Gasteiger partial charge on any atom is 0.119 e. The van der Waals surface area contributed by atoms with E-state index in [0.29, 0.717) is 11.0 Å². The highest BCUT2D eigenvalue weighted by atomic mass is 16.4. The van der Waals surface area contributed by atoms with Crippen LogP contribution in [0.25, 0.3) is 0 Å². The van der Waals surface area contributed by atoms with Gasteiger partial charge in [0.25, 0.3) is 0 Å². The Labute approximate surface area is 111 Å². The average Bonchev–Trinajstić information content (AvgIpc) is 2.33. The largest absolute Gasteiger partial charge is 0.544 e. The summed E-state index contributed by atoms with van der Waals surface area (Å²) in [5.74, 6) is -1.03. The van der Waals surface area contributed by atoms with Gasteiger partial charge in [0.1, 0.15) is 19.2 Å². The number of nitrogens with zero attached hydrogens (tertiary/aromatic N) is 1. The second kappa shape index (κ2) is 9.34. The number of carbonyl (C=O) groups is 1. The van der Waals surface area contributed by atoms with E-state index in [4.69, 9.17) is 0 Å². The number of hydrogen-bond acceptors (Lipinski definition) is 3. The van der Waals surface area contributed by atoms with Gasteiger partial charge in [-0.3, -0.25) is 0 Å². The van der Waals surface area contributed by atoms with E-state index in [2.05, 4.69) is 6.92 Å². The van der Waals surface area contributed by atoms with Gasteiger partial charge >= 0.3 is 0 Å². The van der Waals surface area contributed by atoms with E-state index in [0.717, 1.165) is 32.4 Å². The smallest absolute Gasteiger partial charge is 0.119 e. The van der Waals surface area contributed by atoms with Crippen molar-refractivity contribution in [3.63, 3.8) is 0 Å². The summed E-state index contributed by atoms with van der Waals surface area (Å²) in [6.07, 6.45) is 4.92. The van der Waals surface area contributed by atoms with Gasteiger partial charge in [0.15, 0.2) is 0 Å². The molecule has 0 fully saturated rings. The van der Waals surface area contributed by atoms with E-state index < -0.39 is 12.1 Å². The van der Waals surface area contributed by atoms with E-state index in [9.17, 15) is 15.0 Å². The van der Waals surface area contributed by atoms with Crippen molar-refractivity contribution in [1.29, 1.82) is 0 Å². The Balaban J connectivity index is 4.18. The van der Waals surface area contributed by atoms with Gasteiger partial charge < -0.3 is 19.5 Å².